The third kappa shape index (κ3) is 4.54. The van der Waals surface area contributed by atoms with Crippen molar-refractivity contribution in [2.75, 3.05) is 23.8 Å². The molecule has 0 aliphatic rings. The predicted molar refractivity (Wildman–Crippen MR) is 83.4 cm³/mol. The van der Waals surface area contributed by atoms with Crippen LogP contribution in [0.25, 0.3) is 0 Å². The summed E-state index contributed by atoms with van der Waals surface area (Å²) in [5, 5.41) is 15.8. The Kier molecular flexibility index (Phi) is 5.45. The summed E-state index contributed by atoms with van der Waals surface area (Å²) in [5.74, 6) is 0.00491. The SMILES string of the molecule is CC(=O)Nc1nc(C(=O)Nc2ccc(OCCO)cc2)cs1. The van der Waals surface area contributed by atoms with Crippen LogP contribution in [0.3, 0.4) is 0 Å². The minimum Gasteiger partial charge on any atom is -0.491 e. The van der Waals surface area contributed by atoms with Crippen LogP contribution in [0.4, 0.5) is 10.8 Å². The number of ether oxygens (including phenoxy) is 1. The smallest absolute Gasteiger partial charge is 0.275 e. The lowest BCUT2D eigenvalue weighted by Gasteiger charge is -2.06. The second-order valence-electron chi connectivity index (χ2n) is 4.27. The fourth-order valence-electron chi connectivity index (χ4n) is 1.58. The normalized spacial score (nSPS) is 10.1. The van der Waals surface area contributed by atoms with E-state index >= 15 is 0 Å². The summed E-state index contributed by atoms with van der Waals surface area (Å²) in [6, 6.07) is 6.75. The van der Waals surface area contributed by atoms with Gasteiger partial charge in [-0.2, -0.15) is 0 Å². The van der Waals surface area contributed by atoms with Gasteiger partial charge in [0.1, 0.15) is 18.1 Å². The molecule has 3 N–H and O–H groups in total. The third-order valence-electron chi connectivity index (χ3n) is 2.49. The predicted octanol–water partition coefficient (Wildman–Crippen LogP) is 1.72. The number of rotatable bonds is 6. The number of anilines is 2. The van der Waals surface area contributed by atoms with Crippen LogP contribution in [-0.4, -0.2) is 35.1 Å². The Morgan fingerprint density at radius 3 is 2.64 bits per heavy atom. The number of hydrogen-bond acceptors (Lipinski definition) is 6. The molecule has 2 aromatic rings. The minimum atomic E-state index is -0.364. The molecule has 0 saturated carbocycles. The molecule has 0 unspecified atom stereocenters. The van der Waals surface area contributed by atoms with Gasteiger partial charge in [0.15, 0.2) is 5.13 Å². The lowest BCUT2D eigenvalue weighted by molar-refractivity contribution is -0.114. The average molecular weight is 321 g/mol. The molecule has 0 fully saturated rings. The van der Waals surface area contributed by atoms with Gasteiger partial charge in [-0.1, -0.05) is 0 Å². The van der Waals surface area contributed by atoms with E-state index in [0.29, 0.717) is 16.6 Å². The molecule has 0 aliphatic carbocycles. The summed E-state index contributed by atoms with van der Waals surface area (Å²) in [6.45, 7) is 1.54. The van der Waals surface area contributed by atoms with Gasteiger partial charge in [-0.25, -0.2) is 4.98 Å². The largest absolute Gasteiger partial charge is 0.491 e. The van der Waals surface area contributed by atoms with E-state index in [1.54, 1.807) is 29.6 Å². The molecule has 0 spiro atoms. The van der Waals surface area contributed by atoms with E-state index in [9.17, 15) is 9.59 Å². The molecule has 1 aromatic carbocycles. The number of hydrogen-bond donors (Lipinski definition) is 3. The summed E-state index contributed by atoms with van der Waals surface area (Å²) in [6.07, 6.45) is 0. The third-order valence-corrected chi connectivity index (χ3v) is 3.25. The van der Waals surface area contributed by atoms with E-state index in [0.717, 1.165) is 0 Å². The maximum absolute atomic E-state index is 12.0. The molecule has 0 atom stereocenters. The number of aliphatic hydroxyl groups excluding tert-OH is 1. The highest BCUT2D eigenvalue weighted by Crippen LogP contribution is 2.19. The number of benzene rings is 1. The quantitative estimate of drug-likeness (QED) is 0.752. The van der Waals surface area contributed by atoms with E-state index in [1.807, 2.05) is 0 Å². The van der Waals surface area contributed by atoms with Crippen LogP contribution in [0, 0.1) is 0 Å². The Labute approximate surface area is 131 Å². The number of aromatic nitrogens is 1. The van der Waals surface area contributed by atoms with Crippen molar-refractivity contribution in [3.63, 3.8) is 0 Å². The molecule has 0 saturated heterocycles. The van der Waals surface area contributed by atoms with E-state index in [4.69, 9.17) is 9.84 Å². The minimum absolute atomic E-state index is 0.0566. The second kappa shape index (κ2) is 7.53. The Morgan fingerprint density at radius 2 is 2.00 bits per heavy atom. The van der Waals surface area contributed by atoms with Crippen molar-refractivity contribution in [1.82, 2.24) is 4.98 Å². The zero-order valence-corrected chi connectivity index (χ0v) is 12.6. The van der Waals surface area contributed by atoms with E-state index < -0.39 is 0 Å². The summed E-state index contributed by atoms with van der Waals surface area (Å²) in [5.41, 5.74) is 0.824. The molecule has 1 heterocycles. The Morgan fingerprint density at radius 1 is 1.27 bits per heavy atom. The van der Waals surface area contributed by atoms with Gasteiger partial charge in [0.05, 0.1) is 6.61 Å². The van der Waals surface area contributed by atoms with Gasteiger partial charge >= 0.3 is 0 Å². The molecule has 0 radical (unpaired) electrons. The first-order valence-corrected chi connectivity index (χ1v) is 7.34. The number of nitrogens with one attached hydrogen (secondary N) is 2. The molecule has 2 rings (SSSR count). The van der Waals surface area contributed by atoms with Gasteiger partial charge in [-0.05, 0) is 24.3 Å². The molecule has 0 bridgehead atoms. The van der Waals surface area contributed by atoms with Gasteiger partial charge in [0, 0.05) is 18.0 Å². The molecule has 116 valence electrons. The van der Waals surface area contributed by atoms with Crippen LogP contribution in [0.5, 0.6) is 5.75 Å². The van der Waals surface area contributed by atoms with E-state index in [-0.39, 0.29) is 30.7 Å². The Balaban J connectivity index is 1.96. The summed E-state index contributed by atoms with van der Waals surface area (Å²) < 4.78 is 5.23. The molecule has 22 heavy (non-hydrogen) atoms. The van der Waals surface area contributed by atoms with Gasteiger partial charge in [-0.15, -0.1) is 11.3 Å². The van der Waals surface area contributed by atoms with Crippen LogP contribution in [0.2, 0.25) is 0 Å². The molecule has 2 amide bonds. The van der Waals surface area contributed by atoms with E-state index in [2.05, 4.69) is 15.6 Å². The van der Waals surface area contributed by atoms with Gasteiger partial charge in [0.25, 0.3) is 5.91 Å². The van der Waals surface area contributed by atoms with Crippen molar-refractivity contribution in [2.24, 2.45) is 0 Å². The van der Waals surface area contributed by atoms with Crippen LogP contribution in [-0.2, 0) is 4.79 Å². The van der Waals surface area contributed by atoms with E-state index in [1.165, 1.54) is 18.3 Å². The van der Waals surface area contributed by atoms with Crippen molar-refractivity contribution in [3.8, 4) is 5.75 Å². The molecular formula is C14H15N3O4S. The fourth-order valence-corrected chi connectivity index (χ4v) is 2.32. The highest BCUT2D eigenvalue weighted by Gasteiger charge is 2.11. The highest BCUT2D eigenvalue weighted by atomic mass is 32.1. The average Bonchev–Trinajstić information content (AvgIpc) is 2.94. The van der Waals surface area contributed by atoms with Crippen molar-refractivity contribution in [2.45, 2.75) is 6.92 Å². The fraction of sp³-hybridized carbons (Fsp3) is 0.214. The molecule has 8 heteroatoms. The Hall–Kier alpha value is -2.45. The number of amides is 2. The zero-order chi connectivity index (χ0) is 15.9. The maximum Gasteiger partial charge on any atom is 0.275 e. The lowest BCUT2D eigenvalue weighted by Crippen LogP contribution is -2.13. The summed E-state index contributed by atoms with van der Waals surface area (Å²) in [7, 11) is 0. The molecule has 0 aliphatic heterocycles. The summed E-state index contributed by atoms with van der Waals surface area (Å²) >= 11 is 1.18. The van der Waals surface area contributed by atoms with Gasteiger partial charge < -0.3 is 20.5 Å². The van der Waals surface area contributed by atoms with Crippen LogP contribution >= 0.6 is 11.3 Å². The van der Waals surface area contributed by atoms with Crippen molar-refractivity contribution < 1.29 is 19.4 Å². The van der Waals surface area contributed by atoms with Gasteiger partial charge in [-0.3, -0.25) is 9.59 Å². The molecule has 7 nitrogen and oxygen atoms in total. The Bertz CT molecular complexity index is 654. The number of carbonyl (C=O) groups excluding carboxylic acids is 2. The lowest BCUT2D eigenvalue weighted by atomic mass is 10.3. The first-order chi connectivity index (χ1) is 10.6. The van der Waals surface area contributed by atoms with Crippen LogP contribution in [0.15, 0.2) is 29.6 Å². The summed E-state index contributed by atoms with van der Waals surface area (Å²) in [4.78, 5) is 27.0. The van der Waals surface area contributed by atoms with Crippen LogP contribution in [0.1, 0.15) is 17.4 Å². The van der Waals surface area contributed by atoms with Crippen LogP contribution < -0.4 is 15.4 Å². The first-order valence-electron chi connectivity index (χ1n) is 6.46. The monoisotopic (exact) mass is 321 g/mol. The maximum atomic E-state index is 12.0. The highest BCUT2D eigenvalue weighted by molar-refractivity contribution is 7.14. The van der Waals surface area contributed by atoms with Crippen molar-refractivity contribution in [3.05, 3.63) is 35.3 Å². The van der Waals surface area contributed by atoms with Crippen molar-refractivity contribution in [1.29, 1.82) is 0 Å². The molecule has 1 aromatic heterocycles. The standard InChI is InChI=1S/C14H15N3O4S/c1-9(19)15-14-17-12(8-22-14)13(20)16-10-2-4-11(5-3-10)21-7-6-18/h2-5,8,18H,6-7H2,1H3,(H,16,20)(H,15,17,19). The first kappa shape index (κ1) is 15.9. The second-order valence-corrected chi connectivity index (χ2v) is 5.13. The number of thiazole rings is 1. The number of carbonyl (C=O) groups is 2. The number of nitrogens with zero attached hydrogens (tertiary/aromatic N) is 1. The number of aliphatic hydroxyl groups is 1. The molecular weight excluding hydrogens is 306 g/mol. The van der Waals surface area contributed by atoms with Gasteiger partial charge in [0.2, 0.25) is 5.91 Å². The van der Waals surface area contributed by atoms with Crippen molar-refractivity contribution >= 4 is 34.0 Å². The topological polar surface area (TPSA) is 101 Å². The zero-order valence-electron chi connectivity index (χ0n) is 11.8.